The fraction of sp³-hybridized carbons (Fsp3) is 0. The largest absolute Gasteiger partial charge is 0.455 e. The molecular formula is C29H17NO. The number of para-hydroxylation sites is 2. The first kappa shape index (κ1) is 16.6. The molecule has 0 radical (unpaired) electrons. The number of nitrogens with zero attached hydrogens (tertiary/aromatic N) is 1. The molecule has 0 aliphatic rings. The van der Waals surface area contributed by atoms with Crippen LogP contribution in [0.5, 0.6) is 0 Å². The standard InChI is InChI=1S/C29H17NO/c1-2-7-21-20(6-1)22-13-12-18(16-26(22)27-17-30-15-14-23(21)27)19-9-5-10-25-24-8-3-4-11-28(24)31-29(19)25/h1-17H. The van der Waals surface area contributed by atoms with Crippen molar-refractivity contribution in [2.24, 2.45) is 0 Å². The van der Waals surface area contributed by atoms with E-state index in [0.29, 0.717) is 0 Å². The highest BCUT2D eigenvalue weighted by Gasteiger charge is 2.14. The molecule has 7 aromatic rings. The third-order valence-corrected chi connectivity index (χ3v) is 6.35. The van der Waals surface area contributed by atoms with Crippen molar-refractivity contribution in [3.63, 3.8) is 0 Å². The highest BCUT2D eigenvalue weighted by atomic mass is 16.3. The third-order valence-electron chi connectivity index (χ3n) is 6.35. The lowest BCUT2D eigenvalue weighted by Crippen LogP contribution is -1.86. The molecule has 144 valence electrons. The predicted octanol–water partition coefficient (Wildman–Crippen LogP) is 8.11. The Bertz CT molecular complexity index is 1760. The maximum absolute atomic E-state index is 6.30. The lowest BCUT2D eigenvalue weighted by molar-refractivity contribution is 0.670. The summed E-state index contributed by atoms with van der Waals surface area (Å²) >= 11 is 0. The van der Waals surface area contributed by atoms with Gasteiger partial charge in [-0.2, -0.15) is 0 Å². The molecule has 2 heteroatoms. The molecule has 0 saturated heterocycles. The van der Waals surface area contributed by atoms with Gasteiger partial charge in [0, 0.05) is 34.1 Å². The number of hydrogen-bond acceptors (Lipinski definition) is 2. The molecular weight excluding hydrogens is 378 g/mol. The minimum atomic E-state index is 0.923. The van der Waals surface area contributed by atoms with Crippen LogP contribution in [0.4, 0.5) is 0 Å². The normalized spacial score (nSPS) is 11.9. The fourth-order valence-electron chi connectivity index (χ4n) is 4.94. The van der Waals surface area contributed by atoms with Gasteiger partial charge in [0.05, 0.1) is 0 Å². The molecule has 5 aromatic carbocycles. The van der Waals surface area contributed by atoms with Gasteiger partial charge in [-0.3, -0.25) is 4.98 Å². The van der Waals surface area contributed by atoms with Crippen LogP contribution in [0.15, 0.2) is 108 Å². The van der Waals surface area contributed by atoms with Crippen LogP contribution in [-0.4, -0.2) is 4.98 Å². The van der Waals surface area contributed by atoms with E-state index in [1.54, 1.807) is 0 Å². The number of pyridine rings is 1. The van der Waals surface area contributed by atoms with Crippen LogP contribution in [0.3, 0.4) is 0 Å². The Hall–Kier alpha value is -4.17. The zero-order valence-electron chi connectivity index (χ0n) is 16.7. The van der Waals surface area contributed by atoms with Gasteiger partial charge in [0.25, 0.3) is 0 Å². The van der Waals surface area contributed by atoms with Crippen LogP contribution in [0.1, 0.15) is 0 Å². The second-order valence-electron chi connectivity index (χ2n) is 8.01. The van der Waals surface area contributed by atoms with Crippen molar-refractivity contribution >= 4 is 54.3 Å². The van der Waals surface area contributed by atoms with E-state index in [4.69, 9.17) is 4.42 Å². The zero-order chi connectivity index (χ0) is 20.4. The van der Waals surface area contributed by atoms with E-state index >= 15 is 0 Å². The van der Waals surface area contributed by atoms with Crippen molar-refractivity contribution in [2.45, 2.75) is 0 Å². The molecule has 31 heavy (non-hydrogen) atoms. The maximum Gasteiger partial charge on any atom is 0.143 e. The topological polar surface area (TPSA) is 26.0 Å². The van der Waals surface area contributed by atoms with Crippen LogP contribution in [0.25, 0.3) is 65.4 Å². The molecule has 0 amide bonds. The predicted molar refractivity (Wildman–Crippen MR) is 129 cm³/mol. The summed E-state index contributed by atoms with van der Waals surface area (Å²) < 4.78 is 6.30. The quantitative estimate of drug-likeness (QED) is 0.262. The van der Waals surface area contributed by atoms with E-state index in [1.807, 2.05) is 24.5 Å². The maximum atomic E-state index is 6.30. The Labute approximate surface area is 178 Å². The number of rotatable bonds is 1. The number of aromatic nitrogens is 1. The van der Waals surface area contributed by atoms with E-state index in [9.17, 15) is 0 Å². The van der Waals surface area contributed by atoms with Gasteiger partial charge in [-0.1, -0.05) is 72.8 Å². The Morgan fingerprint density at radius 3 is 2.10 bits per heavy atom. The minimum absolute atomic E-state index is 0.923. The molecule has 0 aliphatic carbocycles. The number of furan rings is 1. The van der Waals surface area contributed by atoms with Crippen molar-refractivity contribution < 1.29 is 4.42 Å². The van der Waals surface area contributed by atoms with Gasteiger partial charge in [0.15, 0.2) is 0 Å². The molecule has 0 N–H and O–H groups in total. The number of benzene rings is 5. The monoisotopic (exact) mass is 395 g/mol. The molecule has 0 fully saturated rings. The SMILES string of the molecule is c1ccc2c(c1)oc1c(-c3ccc4c5ccccc5c5ccncc5c4c3)cccc12. The van der Waals surface area contributed by atoms with E-state index in [-0.39, 0.29) is 0 Å². The summed E-state index contributed by atoms with van der Waals surface area (Å²) in [6.07, 6.45) is 3.86. The van der Waals surface area contributed by atoms with Crippen LogP contribution < -0.4 is 0 Å². The first-order valence-electron chi connectivity index (χ1n) is 10.5. The van der Waals surface area contributed by atoms with Crippen LogP contribution in [0.2, 0.25) is 0 Å². The molecule has 0 aliphatic heterocycles. The summed E-state index contributed by atoms with van der Waals surface area (Å²) in [6, 6.07) is 32.1. The molecule has 2 heterocycles. The number of fused-ring (bicyclic) bond motifs is 9. The van der Waals surface area contributed by atoms with Crippen molar-refractivity contribution in [1.29, 1.82) is 0 Å². The Morgan fingerprint density at radius 1 is 0.516 bits per heavy atom. The van der Waals surface area contributed by atoms with Gasteiger partial charge >= 0.3 is 0 Å². The van der Waals surface area contributed by atoms with Crippen molar-refractivity contribution in [3.8, 4) is 11.1 Å². The first-order valence-corrected chi connectivity index (χ1v) is 10.5. The molecule has 0 atom stereocenters. The summed E-state index contributed by atoms with van der Waals surface area (Å²) in [6.45, 7) is 0. The van der Waals surface area contributed by atoms with Gasteiger partial charge in [0.2, 0.25) is 0 Å². The lowest BCUT2D eigenvalue weighted by Gasteiger charge is -2.11. The fourth-order valence-corrected chi connectivity index (χ4v) is 4.94. The van der Waals surface area contributed by atoms with Gasteiger partial charge < -0.3 is 4.42 Å². The average molecular weight is 395 g/mol. The minimum Gasteiger partial charge on any atom is -0.455 e. The van der Waals surface area contributed by atoms with E-state index < -0.39 is 0 Å². The molecule has 2 aromatic heterocycles. The Kier molecular flexibility index (Phi) is 3.30. The molecule has 0 saturated carbocycles. The lowest BCUT2D eigenvalue weighted by atomic mass is 9.92. The highest BCUT2D eigenvalue weighted by Crippen LogP contribution is 2.39. The summed E-state index contributed by atoms with van der Waals surface area (Å²) in [5.74, 6) is 0. The van der Waals surface area contributed by atoms with E-state index in [1.165, 1.54) is 32.3 Å². The van der Waals surface area contributed by atoms with Gasteiger partial charge in [0.1, 0.15) is 11.2 Å². The first-order chi connectivity index (χ1) is 15.4. The summed E-state index contributed by atoms with van der Waals surface area (Å²) in [7, 11) is 0. The summed E-state index contributed by atoms with van der Waals surface area (Å²) in [5.41, 5.74) is 4.12. The average Bonchev–Trinajstić information content (AvgIpc) is 3.23. The highest BCUT2D eigenvalue weighted by molar-refractivity contribution is 6.25. The van der Waals surface area contributed by atoms with Crippen molar-refractivity contribution in [2.75, 3.05) is 0 Å². The van der Waals surface area contributed by atoms with E-state index in [2.05, 4.69) is 83.8 Å². The zero-order valence-corrected chi connectivity index (χ0v) is 16.7. The van der Waals surface area contributed by atoms with Crippen molar-refractivity contribution in [3.05, 3.63) is 103 Å². The van der Waals surface area contributed by atoms with E-state index in [0.717, 1.165) is 33.1 Å². The van der Waals surface area contributed by atoms with Crippen molar-refractivity contribution in [1.82, 2.24) is 4.98 Å². The second kappa shape index (κ2) is 6.16. The molecule has 0 unspecified atom stereocenters. The third kappa shape index (κ3) is 2.30. The van der Waals surface area contributed by atoms with Gasteiger partial charge in [-0.05, 0) is 50.7 Å². The van der Waals surface area contributed by atoms with Gasteiger partial charge in [-0.15, -0.1) is 0 Å². The summed E-state index contributed by atoms with van der Waals surface area (Å²) in [5, 5.41) is 9.71. The van der Waals surface area contributed by atoms with Crippen LogP contribution >= 0.6 is 0 Å². The smallest absolute Gasteiger partial charge is 0.143 e. The molecule has 0 spiro atoms. The Morgan fingerprint density at radius 2 is 1.23 bits per heavy atom. The second-order valence-corrected chi connectivity index (χ2v) is 8.01. The van der Waals surface area contributed by atoms with Crippen LogP contribution in [0, 0.1) is 0 Å². The molecule has 0 bridgehead atoms. The van der Waals surface area contributed by atoms with Gasteiger partial charge in [-0.25, -0.2) is 0 Å². The van der Waals surface area contributed by atoms with Crippen LogP contribution in [-0.2, 0) is 0 Å². The number of hydrogen-bond donors (Lipinski definition) is 0. The summed E-state index contributed by atoms with van der Waals surface area (Å²) in [4.78, 5) is 4.43. The molecule has 2 nitrogen and oxygen atoms in total. The molecule has 7 rings (SSSR count). The Balaban J connectivity index is 1.60.